The third-order valence-corrected chi connectivity index (χ3v) is 3.33. The lowest BCUT2D eigenvalue weighted by atomic mass is 10.2. The number of imidazole rings is 1. The van der Waals surface area contributed by atoms with Crippen LogP contribution < -0.4 is 0 Å². The van der Waals surface area contributed by atoms with Crippen molar-refractivity contribution >= 4 is 23.2 Å². The van der Waals surface area contributed by atoms with E-state index in [2.05, 4.69) is 15.0 Å². The van der Waals surface area contributed by atoms with Gasteiger partial charge >= 0.3 is 0 Å². The molecule has 3 rings (SSSR count). The fourth-order valence-electron chi connectivity index (χ4n) is 1.83. The van der Waals surface area contributed by atoms with Crippen molar-refractivity contribution in [1.82, 2.24) is 15.0 Å². The average molecular weight is 290 g/mol. The van der Waals surface area contributed by atoms with Gasteiger partial charge in [-0.15, -0.1) is 0 Å². The zero-order chi connectivity index (χ0) is 13.2. The van der Waals surface area contributed by atoms with Gasteiger partial charge in [-0.25, -0.2) is 4.98 Å². The summed E-state index contributed by atoms with van der Waals surface area (Å²) in [5.41, 5.74) is 2.21. The van der Waals surface area contributed by atoms with Gasteiger partial charge in [-0.3, -0.25) is 4.98 Å². The second-order valence-electron chi connectivity index (χ2n) is 3.95. The minimum absolute atomic E-state index is 0.576. The summed E-state index contributed by atoms with van der Waals surface area (Å²) in [6, 6.07) is 11.0. The van der Waals surface area contributed by atoms with Crippen LogP contribution >= 0.6 is 23.2 Å². The molecule has 0 atom stereocenters. The molecule has 19 heavy (non-hydrogen) atoms. The summed E-state index contributed by atoms with van der Waals surface area (Å²) in [6.07, 6.45) is 3.50. The van der Waals surface area contributed by atoms with Crippen LogP contribution in [0.5, 0.6) is 0 Å². The molecule has 94 valence electrons. The predicted octanol–water partition coefficient (Wildman–Crippen LogP) is 4.45. The monoisotopic (exact) mass is 289 g/mol. The number of nitrogens with zero attached hydrogens (tertiary/aromatic N) is 2. The summed E-state index contributed by atoms with van der Waals surface area (Å²) in [5.74, 6) is 0.687. The minimum atomic E-state index is 0.576. The molecule has 3 aromatic rings. The topological polar surface area (TPSA) is 41.6 Å². The quantitative estimate of drug-likeness (QED) is 0.757. The molecule has 0 amide bonds. The fraction of sp³-hybridized carbons (Fsp3) is 0. The van der Waals surface area contributed by atoms with Crippen molar-refractivity contribution in [2.75, 3.05) is 0 Å². The molecule has 5 heteroatoms. The largest absolute Gasteiger partial charge is 0.343 e. The van der Waals surface area contributed by atoms with E-state index in [0.29, 0.717) is 21.6 Å². The van der Waals surface area contributed by atoms with Gasteiger partial charge in [0.05, 0.1) is 15.7 Å². The Labute approximate surface area is 120 Å². The third kappa shape index (κ3) is 2.35. The maximum Gasteiger partial charge on any atom is 0.156 e. The van der Waals surface area contributed by atoms with E-state index in [-0.39, 0.29) is 0 Å². The number of halogens is 2. The Morgan fingerprint density at radius 2 is 1.68 bits per heavy atom. The first kappa shape index (κ1) is 12.2. The molecule has 3 nitrogen and oxygen atoms in total. The van der Waals surface area contributed by atoms with Crippen LogP contribution in [0.25, 0.3) is 22.8 Å². The maximum atomic E-state index is 6.17. The fourth-order valence-corrected chi connectivity index (χ4v) is 2.42. The van der Waals surface area contributed by atoms with Crippen LogP contribution in [0.15, 0.2) is 48.8 Å². The second kappa shape index (κ2) is 5.03. The van der Waals surface area contributed by atoms with Crippen molar-refractivity contribution in [3.05, 3.63) is 58.8 Å². The molecule has 1 aromatic carbocycles. The van der Waals surface area contributed by atoms with Crippen LogP contribution in [0.3, 0.4) is 0 Å². The number of aromatic amines is 1. The summed E-state index contributed by atoms with van der Waals surface area (Å²) < 4.78 is 0. The third-order valence-electron chi connectivity index (χ3n) is 2.70. The molecule has 0 aliphatic carbocycles. The average Bonchev–Trinajstić information content (AvgIpc) is 2.89. The summed E-state index contributed by atoms with van der Waals surface area (Å²) in [7, 11) is 0. The Bertz CT molecular complexity index is 687. The van der Waals surface area contributed by atoms with Gasteiger partial charge in [0.1, 0.15) is 5.69 Å². The highest BCUT2D eigenvalue weighted by atomic mass is 35.5. The van der Waals surface area contributed by atoms with Crippen molar-refractivity contribution in [1.29, 1.82) is 0 Å². The molecule has 0 bridgehead atoms. The molecule has 2 aromatic heterocycles. The smallest absolute Gasteiger partial charge is 0.156 e. The second-order valence-corrected chi connectivity index (χ2v) is 4.76. The van der Waals surface area contributed by atoms with E-state index in [0.717, 1.165) is 11.3 Å². The molecular formula is C14H9Cl2N3. The van der Waals surface area contributed by atoms with Crippen molar-refractivity contribution in [2.24, 2.45) is 0 Å². The molecule has 0 spiro atoms. The van der Waals surface area contributed by atoms with E-state index in [4.69, 9.17) is 23.2 Å². The number of benzene rings is 1. The van der Waals surface area contributed by atoms with Gasteiger partial charge in [-0.1, -0.05) is 35.3 Å². The van der Waals surface area contributed by atoms with E-state index in [1.807, 2.05) is 18.2 Å². The zero-order valence-electron chi connectivity index (χ0n) is 9.77. The van der Waals surface area contributed by atoms with E-state index < -0.39 is 0 Å². The van der Waals surface area contributed by atoms with E-state index in [9.17, 15) is 0 Å². The highest BCUT2D eigenvalue weighted by molar-refractivity contribution is 6.39. The first-order chi connectivity index (χ1) is 9.25. The molecular weight excluding hydrogens is 281 g/mol. The number of hydrogen-bond donors (Lipinski definition) is 1. The van der Waals surface area contributed by atoms with E-state index in [1.54, 1.807) is 30.6 Å². The molecule has 0 unspecified atom stereocenters. The normalized spacial score (nSPS) is 10.6. The van der Waals surface area contributed by atoms with Gasteiger partial charge in [-0.05, 0) is 24.3 Å². The Morgan fingerprint density at radius 1 is 0.895 bits per heavy atom. The molecule has 1 N–H and O–H groups in total. The number of aromatic nitrogens is 3. The van der Waals surface area contributed by atoms with E-state index >= 15 is 0 Å². The number of nitrogens with one attached hydrogen (secondary N) is 1. The molecule has 2 heterocycles. The Balaban J connectivity index is 2.07. The molecule has 0 saturated heterocycles. The standard InChI is InChI=1S/C14H9Cl2N3/c15-9-4-3-5-10(16)13(9)12-8-18-14(19-12)11-6-1-2-7-17-11/h1-8H,(H,18,19). The highest BCUT2D eigenvalue weighted by Crippen LogP contribution is 2.34. The SMILES string of the molecule is Clc1cccc(Cl)c1-c1c[nH]c(-c2ccccn2)n1. The summed E-state index contributed by atoms with van der Waals surface area (Å²) in [4.78, 5) is 11.8. The van der Waals surface area contributed by atoms with E-state index in [1.165, 1.54) is 0 Å². The van der Waals surface area contributed by atoms with Gasteiger partial charge in [0.2, 0.25) is 0 Å². The summed E-state index contributed by atoms with van der Waals surface area (Å²) >= 11 is 12.3. The van der Waals surface area contributed by atoms with Gasteiger partial charge < -0.3 is 4.98 Å². The van der Waals surface area contributed by atoms with Crippen LogP contribution in [0.1, 0.15) is 0 Å². The predicted molar refractivity (Wildman–Crippen MR) is 77.3 cm³/mol. The van der Waals surface area contributed by atoms with Gasteiger partial charge in [-0.2, -0.15) is 0 Å². The zero-order valence-corrected chi connectivity index (χ0v) is 11.3. The lowest BCUT2D eigenvalue weighted by molar-refractivity contribution is 1.22. The van der Waals surface area contributed by atoms with Gasteiger partial charge in [0, 0.05) is 18.0 Å². The van der Waals surface area contributed by atoms with Crippen molar-refractivity contribution in [3.8, 4) is 22.8 Å². The van der Waals surface area contributed by atoms with Crippen LogP contribution in [-0.4, -0.2) is 15.0 Å². The highest BCUT2D eigenvalue weighted by Gasteiger charge is 2.12. The minimum Gasteiger partial charge on any atom is -0.343 e. The van der Waals surface area contributed by atoms with Crippen molar-refractivity contribution in [3.63, 3.8) is 0 Å². The first-order valence-corrected chi connectivity index (χ1v) is 6.42. The van der Waals surface area contributed by atoms with Crippen LogP contribution in [0.4, 0.5) is 0 Å². The molecule has 0 aliphatic rings. The van der Waals surface area contributed by atoms with Crippen molar-refractivity contribution in [2.45, 2.75) is 0 Å². The lowest BCUT2D eigenvalue weighted by Crippen LogP contribution is -1.85. The van der Waals surface area contributed by atoms with Crippen LogP contribution in [-0.2, 0) is 0 Å². The number of pyridine rings is 1. The van der Waals surface area contributed by atoms with Crippen LogP contribution in [0.2, 0.25) is 10.0 Å². The van der Waals surface area contributed by atoms with Gasteiger partial charge in [0.25, 0.3) is 0 Å². The van der Waals surface area contributed by atoms with Crippen LogP contribution in [0, 0.1) is 0 Å². The summed E-state index contributed by atoms with van der Waals surface area (Å²) in [5, 5.41) is 1.15. The Morgan fingerprint density at radius 3 is 2.37 bits per heavy atom. The molecule has 0 saturated carbocycles. The number of hydrogen-bond acceptors (Lipinski definition) is 2. The van der Waals surface area contributed by atoms with Crippen molar-refractivity contribution < 1.29 is 0 Å². The summed E-state index contributed by atoms with van der Waals surface area (Å²) in [6.45, 7) is 0. The number of H-pyrrole nitrogens is 1. The molecule has 0 fully saturated rings. The Hall–Kier alpha value is -1.84. The molecule has 0 aliphatic heterocycles. The first-order valence-electron chi connectivity index (χ1n) is 5.67. The number of rotatable bonds is 2. The Kier molecular flexibility index (Phi) is 3.23. The molecule has 0 radical (unpaired) electrons. The van der Waals surface area contributed by atoms with Gasteiger partial charge in [0.15, 0.2) is 5.82 Å². The maximum absolute atomic E-state index is 6.17. The lowest BCUT2D eigenvalue weighted by Gasteiger charge is -2.02.